The topological polar surface area (TPSA) is 97.8 Å². The minimum absolute atomic E-state index is 0.196. The van der Waals surface area contributed by atoms with Crippen LogP contribution in [0.3, 0.4) is 0 Å². The van der Waals surface area contributed by atoms with E-state index in [1.807, 2.05) is 0 Å². The highest BCUT2D eigenvalue weighted by Crippen LogP contribution is 2.17. The summed E-state index contributed by atoms with van der Waals surface area (Å²) in [5.41, 5.74) is 1.27. The third-order valence-electron chi connectivity index (χ3n) is 3.23. The summed E-state index contributed by atoms with van der Waals surface area (Å²) in [5.74, 6) is -0.176. The molecule has 0 saturated carbocycles. The second-order valence-corrected chi connectivity index (χ2v) is 5.54. The second-order valence-electron chi connectivity index (χ2n) is 5.54. The van der Waals surface area contributed by atoms with Crippen molar-refractivity contribution in [1.29, 1.82) is 0 Å². The van der Waals surface area contributed by atoms with Crippen LogP contribution in [0, 0.1) is 0 Å². The van der Waals surface area contributed by atoms with Crippen molar-refractivity contribution in [3.63, 3.8) is 0 Å². The molecule has 1 heterocycles. The van der Waals surface area contributed by atoms with Crippen LogP contribution in [0.5, 0.6) is 5.75 Å². The first kappa shape index (κ1) is 18.9. The van der Waals surface area contributed by atoms with E-state index in [0.717, 1.165) is 0 Å². The molecule has 0 bridgehead atoms. The van der Waals surface area contributed by atoms with Gasteiger partial charge < -0.3 is 19.7 Å². The highest BCUT2D eigenvalue weighted by molar-refractivity contribution is 5.94. The molecule has 1 N–H and O–H groups in total. The lowest BCUT2D eigenvalue weighted by molar-refractivity contribution is -0.114. The summed E-state index contributed by atoms with van der Waals surface area (Å²) >= 11 is 0. The first-order valence-corrected chi connectivity index (χ1v) is 7.74. The Kier molecular flexibility index (Phi) is 6.26. The molecule has 136 valence electrons. The molecule has 8 heteroatoms. The average molecular weight is 357 g/mol. The molecule has 0 unspecified atom stereocenters. The number of anilines is 1. The van der Waals surface area contributed by atoms with Crippen molar-refractivity contribution in [1.82, 2.24) is 9.88 Å². The van der Waals surface area contributed by atoms with Gasteiger partial charge in [0, 0.05) is 32.9 Å². The molecule has 0 aliphatic rings. The summed E-state index contributed by atoms with van der Waals surface area (Å²) in [5, 5.41) is 2.60. The minimum atomic E-state index is -0.925. The maximum atomic E-state index is 12.1. The maximum absolute atomic E-state index is 12.1. The molecular weight excluding hydrogens is 338 g/mol. The monoisotopic (exact) mass is 357 g/mol. The quantitative estimate of drug-likeness (QED) is 0.652. The predicted octanol–water partition coefficient (Wildman–Crippen LogP) is 2.46. The van der Waals surface area contributed by atoms with Crippen LogP contribution in [0.1, 0.15) is 23.0 Å². The Labute approximate surface area is 150 Å². The van der Waals surface area contributed by atoms with Crippen LogP contribution in [0.25, 0.3) is 0 Å². The Morgan fingerprint density at radius 1 is 1.12 bits per heavy atom. The van der Waals surface area contributed by atoms with Gasteiger partial charge in [-0.05, 0) is 36.4 Å². The summed E-state index contributed by atoms with van der Waals surface area (Å²) in [6, 6.07) is 9.48. The number of hydrogen-bond donors (Lipinski definition) is 1. The van der Waals surface area contributed by atoms with E-state index in [-0.39, 0.29) is 24.2 Å². The first-order chi connectivity index (χ1) is 12.4. The van der Waals surface area contributed by atoms with Crippen molar-refractivity contribution < 1.29 is 23.9 Å². The molecule has 0 saturated heterocycles. The molecule has 2 amide bonds. The van der Waals surface area contributed by atoms with E-state index in [9.17, 15) is 14.4 Å². The molecule has 2 aromatic rings. The number of nitrogens with one attached hydrogen (secondary N) is 1. The van der Waals surface area contributed by atoms with E-state index in [1.54, 1.807) is 38.4 Å². The van der Waals surface area contributed by atoms with Crippen molar-refractivity contribution in [3.8, 4) is 5.75 Å². The number of aromatic nitrogens is 1. The Balaban J connectivity index is 1.95. The molecule has 8 nitrogen and oxygen atoms in total. The van der Waals surface area contributed by atoms with Crippen LogP contribution in [0.2, 0.25) is 0 Å². The Hall–Kier alpha value is -3.42. The molecule has 0 fully saturated rings. The molecule has 1 aromatic carbocycles. The van der Waals surface area contributed by atoms with Crippen molar-refractivity contribution in [2.75, 3.05) is 19.4 Å². The van der Waals surface area contributed by atoms with E-state index < -0.39 is 6.16 Å². The number of hydrogen-bond acceptors (Lipinski definition) is 6. The summed E-state index contributed by atoms with van der Waals surface area (Å²) in [4.78, 5) is 40.4. The van der Waals surface area contributed by atoms with Gasteiger partial charge in [0.05, 0.1) is 11.3 Å². The van der Waals surface area contributed by atoms with Gasteiger partial charge in [0.25, 0.3) is 5.91 Å². The van der Waals surface area contributed by atoms with Crippen molar-refractivity contribution in [2.45, 2.75) is 13.5 Å². The number of rotatable bonds is 5. The Bertz CT molecular complexity index is 803. The lowest BCUT2D eigenvalue weighted by Gasteiger charge is -2.13. The number of amides is 2. The average Bonchev–Trinajstić information content (AvgIpc) is 2.60. The van der Waals surface area contributed by atoms with Gasteiger partial charge in [0.1, 0.15) is 12.4 Å². The fourth-order valence-corrected chi connectivity index (χ4v) is 2.05. The van der Waals surface area contributed by atoms with Gasteiger partial charge in [-0.3, -0.25) is 14.6 Å². The van der Waals surface area contributed by atoms with Gasteiger partial charge in [-0.2, -0.15) is 0 Å². The molecule has 0 aliphatic heterocycles. The lowest BCUT2D eigenvalue weighted by Crippen LogP contribution is -2.24. The van der Waals surface area contributed by atoms with E-state index in [4.69, 9.17) is 9.47 Å². The van der Waals surface area contributed by atoms with Gasteiger partial charge >= 0.3 is 6.16 Å². The zero-order valence-corrected chi connectivity index (χ0v) is 14.7. The number of benzene rings is 1. The van der Waals surface area contributed by atoms with Gasteiger partial charge in [0.15, 0.2) is 0 Å². The molecule has 0 spiro atoms. The number of carbonyl (C=O) groups is 3. The summed E-state index contributed by atoms with van der Waals surface area (Å²) in [7, 11) is 3.25. The largest absolute Gasteiger partial charge is 0.514 e. The first-order valence-electron chi connectivity index (χ1n) is 7.74. The highest BCUT2D eigenvalue weighted by atomic mass is 16.7. The SMILES string of the molecule is CC(=O)Nc1ccc(OC(=O)OCc2ncccc2C(=O)N(C)C)cc1. The number of nitrogens with zero attached hydrogens (tertiary/aromatic N) is 2. The van der Waals surface area contributed by atoms with Crippen molar-refractivity contribution >= 4 is 23.7 Å². The van der Waals surface area contributed by atoms with Gasteiger partial charge in [-0.1, -0.05) is 0 Å². The van der Waals surface area contributed by atoms with E-state index in [2.05, 4.69) is 10.3 Å². The molecule has 2 rings (SSSR count). The van der Waals surface area contributed by atoms with E-state index >= 15 is 0 Å². The minimum Gasteiger partial charge on any atom is -0.427 e. The third kappa shape index (κ3) is 5.30. The number of pyridine rings is 1. The van der Waals surface area contributed by atoms with Crippen LogP contribution in [0.4, 0.5) is 10.5 Å². The standard InChI is InChI=1S/C18H19N3O5/c1-12(22)20-13-6-8-14(9-7-13)26-18(24)25-11-16-15(5-4-10-19-16)17(23)21(2)3/h4-10H,11H2,1-3H3,(H,20,22). The molecule has 0 radical (unpaired) electrons. The second kappa shape index (κ2) is 8.61. The summed E-state index contributed by atoms with van der Waals surface area (Å²) < 4.78 is 10.1. The van der Waals surface area contributed by atoms with Crippen LogP contribution in [-0.2, 0) is 16.1 Å². The van der Waals surface area contributed by atoms with Gasteiger partial charge in [0.2, 0.25) is 5.91 Å². The smallest absolute Gasteiger partial charge is 0.427 e. The Morgan fingerprint density at radius 3 is 2.42 bits per heavy atom. The summed E-state index contributed by atoms with van der Waals surface area (Å²) in [6.45, 7) is 1.20. The van der Waals surface area contributed by atoms with Crippen molar-refractivity contribution in [3.05, 3.63) is 53.9 Å². The van der Waals surface area contributed by atoms with E-state index in [1.165, 1.54) is 30.2 Å². The zero-order valence-electron chi connectivity index (χ0n) is 14.7. The predicted molar refractivity (Wildman–Crippen MR) is 93.8 cm³/mol. The normalized spacial score (nSPS) is 9.96. The molecule has 0 atom stereocenters. The van der Waals surface area contributed by atoms with Gasteiger partial charge in [-0.25, -0.2) is 4.79 Å². The van der Waals surface area contributed by atoms with Crippen LogP contribution >= 0.6 is 0 Å². The van der Waals surface area contributed by atoms with E-state index in [0.29, 0.717) is 16.9 Å². The van der Waals surface area contributed by atoms with Crippen LogP contribution in [0.15, 0.2) is 42.6 Å². The zero-order chi connectivity index (χ0) is 19.1. The third-order valence-corrected chi connectivity index (χ3v) is 3.23. The lowest BCUT2D eigenvalue weighted by atomic mass is 10.2. The fraction of sp³-hybridized carbons (Fsp3) is 0.222. The maximum Gasteiger partial charge on any atom is 0.514 e. The van der Waals surface area contributed by atoms with Crippen LogP contribution in [-0.4, -0.2) is 41.9 Å². The highest BCUT2D eigenvalue weighted by Gasteiger charge is 2.16. The van der Waals surface area contributed by atoms with Gasteiger partial charge in [-0.15, -0.1) is 0 Å². The number of carbonyl (C=O) groups excluding carboxylic acids is 3. The van der Waals surface area contributed by atoms with Crippen molar-refractivity contribution in [2.24, 2.45) is 0 Å². The molecule has 1 aromatic heterocycles. The molecule has 26 heavy (non-hydrogen) atoms. The Morgan fingerprint density at radius 2 is 1.81 bits per heavy atom. The molecular formula is C18H19N3O5. The summed E-state index contributed by atoms with van der Waals surface area (Å²) in [6.07, 6.45) is 0.586. The molecule has 0 aliphatic carbocycles. The fourth-order valence-electron chi connectivity index (χ4n) is 2.05. The number of ether oxygens (including phenoxy) is 2. The van der Waals surface area contributed by atoms with Crippen LogP contribution < -0.4 is 10.1 Å².